The van der Waals surface area contributed by atoms with Gasteiger partial charge >= 0.3 is 0 Å². The van der Waals surface area contributed by atoms with Crippen LogP contribution in [0.2, 0.25) is 0 Å². The summed E-state index contributed by atoms with van der Waals surface area (Å²) < 4.78 is 0. The highest BCUT2D eigenvalue weighted by Crippen LogP contribution is 2.11. The van der Waals surface area contributed by atoms with Crippen molar-refractivity contribution >= 4 is 0 Å². The number of hydrogen-bond acceptors (Lipinski definition) is 3. The zero-order valence-electron chi connectivity index (χ0n) is 7.13. The highest BCUT2D eigenvalue weighted by molar-refractivity contribution is 4.74. The second-order valence-electron chi connectivity index (χ2n) is 3.44. The molecule has 0 aliphatic rings. The average Bonchev–Trinajstić information content (AvgIpc) is 1.83. The van der Waals surface area contributed by atoms with Crippen LogP contribution in [0.1, 0.15) is 20.8 Å². The molecule has 3 nitrogen and oxygen atoms in total. The third-order valence-corrected chi connectivity index (χ3v) is 1.67. The fourth-order valence-corrected chi connectivity index (χ4v) is 0.570. The summed E-state index contributed by atoms with van der Waals surface area (Å²) in [7, 11) is 1.78. The maximum absolute atomic E-state index is 9.14. The Morgan fingerprint density at radius 3 is 1.90 bits per heavy atom. The SMILES string of the molecule is CN(C(O)CO)C(C)(C)C. The minimum absolute atomic E-state index is 0.0951. The molecule has 0 aliphatic heterocycles. The minimum Gasteiger partial charge on any atom is -0.392 e. The van der Waals surface area contributed by atoms with Gasteiger partial charge in [0, 0.05) is 5.54 Å². The lowest BCUT2D eigenvalue weighted by Gasteiger charge is -2.34. The Labute approximate surface area is 62.3 Å². The highest BCUT2D eigenvalue weighted by Gasteiger charge is 2.22. The van der Waals surface area contributed by atoms with E-state index in [9.17, 15) is 0 Å². The first-order chi connectivity index (χ1) is 4.39. The molecule has 0 aromatic carbocycles. The van der Waals surface area contributed by atoms with Gasteiger partial charge in [0.05, 0.1) is 6.61 Å². The number of aliphatic hydroxyl groups excluding tert-OH is 2. The number of aliphatic hydroxyl groups is 2. The molecule has 3 heteroatoms. The lowest BCUT2D eigenvalue weighted by Crippen LogP contribution is -2.46. The van der Waals surface area contributed by atoms with Crippen LogP contribution in [0.3, 0.4) is 0 Å². The fourth-order valence-electron chi connectivity index (χ4n) is 0.570. The topological polar surface area (TPSA) is 43.7 Å². The van der Waals surface area contributed by atoms with Crippen LogP contribution in [0.25, 0.3) is 0 Å². The van der Waals surface area contributed by atoms with Crippen molar-refractivity contribution in [3.8, 4) is 0 Å². The van der Waals surface area contributed by atoms with Crippen LogP contribution < -0.4 is 0 Å². The van der Waals surface area contributed by atoms with E-state index in [4.69, 9.17) is 10.2 Å². The van der Waals surface area contributed by atoms with E-state index in [1.54, 1.807) is 11.9 Å². The van der Waals surface area contributed by atoms with Gasteiger partial charge in [0.1, 0.15) is 6.23 Å². The first-order valence-electron chi connectivity index (χ1n) is 3.41. The van der Waals surface area contributed by atoms with Gasteiger partial charge in [0.2, 0.25) is 0 Å². The van der Waals surface area contributed by atoms with Gasteiger partial charge in [0.25, 0.3) is 0 Å². The molecular formula is C7H17NO2. The van der Waals surface area contributed by atoms with Gasteiger partial charge in [0.15, 0.2) is 0 Å². The lowest BCUT2D eigenvalue weighted by atomic mass is 10.1. The molecule has 0 saturated heterocycles. The van der Waals surface area contributed by atoms with Gasteiger partial charge < -0.3 is 10.2 Å². The molecule has 1 unspecified atom stereocenters. The third-order valence-electron chi connectivity index (χ3n) is 1.67. The van der Waals surface area contributed by atoms with E-state index in [0.29, 0.717) is 0 Å². The summed E-state index contributed by atoms with van der Waals surface area (Å²) in [5.41, 5.74) is -0.0951. The molecule has 0 rings (SSSR count). The summed E-state index contributed by atoms with van der Waals surface area (Å²) in [6, 6.07) is 0. The van der Waals surface area contributed by atoms with E-state index in [1.165, 1.54) is 0 Å². The van der Waals surface area contributed by atoms with E-state index in [-0.39, 0.29) is 12.1 Å². The zero-order chi connectivity index (χ0) is 8.36. The normalized spacial score (nSPS) is 15.9. The van der Waals surface area contributed by atoms with Crippen molar-refractivity contribution in [1.29, 1.82) is 0 Å². The molecule has 0 spiro atoms. The van der Waals surface area contributed by atoms with Crippen LogP contribution in [0.4, 0.5) is 0 Å². The first-order valence-corrected chi connectivity index (χ1v) is 3.41. The monoisotopic (exact) mass is 147 g/mol. The Balaban J connectivity index is 3.94. The Bertz CT molecular complexity index is 98.3. The molecule has 10 heavy (non-hydrogen) atoms. The molecule has 2 N–H and O–H groups in total. The molecular weight excluding hydrogens is 130 g/mol. The molecule has 0 fully saturated rings. The van der Waals surface area contributed by atoms with Crippen molar-refractivity contribution in [2.45, 2.75) is 32.5 Å². The standard InChI is InChI=1S/C7H17NO2/c1-7(2,3)8(4)6(10)5-9/h6,9-10H,5H2,1-4H3. The summed E-state index contributed by atoms with van der Waals surface area (Å²) in [4.78, 5) is 1.72. The number of nitrogens with zero attached hydrogens (tertiary/aromatic N) is 1. The highest BCUT2D eigenvalue weighted by atomic mass is 16.3. The van der Waals surface area contributed by atoms with Gasteiger partial charge in [-0.05, 0) is 27.8 Å². The van der Waals surface area contributed by atoms with Crippen LogP contribution in [0.5, 0.6) is 0 Å². The first kappa shape index (κ1) is 9.88. The molecule has 0 heterocycles. The second-order valence-corrected chi connectivity index (χ2v) is 3.44. The van der Waals surface area contributed by atoms with Gasteiger partial charge in [-0.2, -0.15) is 0 Å². The smallest absolute Gasteiger partial charge is 0.130 e. The third kappa shape index (κ3) is 2.64. The van der Waals surface area contributed by atoms with Gasteiger partial charge in [-0.15, -0.1) is 0 Å². The van der Waals surface area contributed by atoms with Crippen molar-refractivity contribution < 1.29 is 10.2 Å². The van der Waals surface area contributed by atoms with Crippen LogP contribution >= 0.6 is 0 Å². The molecule has 0 saturated carbocycles. The molecule has 0 bridgehead atoms. The van der Waals surface area contributed by atoms with Crippen molar-refractivity contribution in [2.24, 2.45) is 0 Å². The summed E-state index contributed by atoms with van der Waals surface area (Å²) >= 11 is 0. The summed E-state index contributed by atoms with van der Waals surface area (Å²) in [6.07, 6.45) is -0.750. The average molecular weight is 147 g/mol. The van der Waals surface area contributed by atoms with Crippen LogP contribution in [0, 0.1) is 0 Å². The Morgan fingerprint density at radius 1 is 1.40 bits per heavy atom. The van der Waals surface area contributed by atoms with E-state index in [1.807, 2.05) is 20.8 Å². The molecule has 0 aromatic heterocycles. The second kappa shape index (κ2) is 3.32. The largest absolute Gasteiger partial charge is 0.392 e. The Hall–Kier alpha value is -0.120. The molecule has 62 valence electrons. The quantitative estimate of drug-likeness (QED) is 0.541. The molecule has 0 aromatic rings. The summed E-state index contributed by atoms with van der Waals surface area (Å²) in [5, 5.41) is 17.7. The van der Waals surface area contributed by atoms with Crippen molar-refractivity contribution in [3.63, 3.8) is 0 Å². The van der Waals surface area contributed by atoms with E-state index in [0.717, 1.165) is 0 Å². The zero-order valence-corrected chi connectivity index (χ0v) is 7.13. The molecule has 0 radical (unpaired) electrons. The predicted molar refractivity (Wildman–Crippen MR) is 40.6 cm³/mol. The van der Waals surface area contributed by atoms with E-state index in [2.05, 4.69) is 0 Å². The number of hydrogen-bond donors (Lipinski definition) is 2. The van der Waals surface area contributed by atoms with E-state index < -0.39 is 6.23 Å². The lowest BCUT2D eigenvalue weighted by molar-refractivity contribution is -0.0618. The van der Waals surface area contributed by atoms with Crippen molar-refractivity contribution in [2.75, 3.05) is 13.7 Å². The van der Waals surface area contributed by atoms with Crippen LogP contribution in [-0.2, 0) is 0 Å². The number of rotatable bonds is 2. The van der Waals surface area contributed by atoms with Crippen LogP contribution in [0.15, 0.2) is 0 Å². The van der Waals surface area contributed by atoms with Crippen LogP contribution in [-0.4, -0.2) is 40.5 Å². The summed E-state index contributed by atoms with van der Waals surface area (Å²) in [6.45, 7) is 5.72. The van der Waals surface area contributed by atoms with E-state index >= 15 is 0 Å². The fraction of sp³-hybridized carbons (Fsp3) is 1.00. The van der Waals surface area contributed by atoms with Crippen molar-refractivity contribution in [1.82, 2.24) is 4.90 Å². The van der Waals surface area contributed by atoms with Crippen molar-refractivity contribution in [3.05, 3.63) is 0 Å². The maximum Gasteiger partial charge on any atom is 0.130 e. The number of likely N-dealkylation sites (N-methyl/N-ethyl adjacent to an activating group) is 1. The molecule has 1 atom stereocenters. The molecule has 0 amide bonds. The maximum atomic E-state index is 9.14. The van der Waals surface area contributed by atoms with Gasteiger partial charge in [-0.3, -0.25) is 4.90 Å². The predicted octanol–water partition coefficient (Wildman–Crippen LogP) is 0.0274. The molecule has 0 aliphatic carbocycles. The Kier molecular flexibility index (Phi) is 3.28. The van der Waals surface area contributed by atoms with Gasteiger partial charge in [-0.25, -0.2) is 0 Å². The Morgan fingerprint density at radius 2 is 1.80 bits per heavy atom. The van der Waals surface area contributed by atoms with Gasteiger partial charge in [-0.1, -0.05) is 0 Å². The minimum atomic E-state index is -0.750. The summed E-state index contributed by atoms with van der Waals surface area (Å²) in [5.74, 6) is 0.